The molecular weight excluding hydrogens is 286 g/mol. The van der Waals surface area contributed by atoms with Crippen LogP contribution in [0.1, 0.15) is 23.6 Å². The van der Waals surface area contributed by atoms with Crippen molar-refractivity contribution in [2.45, 2.75) is 18.7 Å². The highest BCUT2D eigenvalue weighted by Gasteiger charge is 2.14. The maximum absolute atomic E-state index is 11.4. The van der Waals surface area contributed by atoms with Crippen molar-refractivity contribution in [2.24, 2.45) is 0 Å². The van der Waals surface area contributed by atoms with Gasteiger partial charge in [0.1, 0.15) is 5.75 Å². The molecule has 0 aromatic heterocycles. The van der Waals surface area contributed by atoms with E-state index in [0.29, 0.717) is 23.1 Å². The number of alkyl halides is 1. The van der Waals surface area contributed by atoms with Gasteiger partial charge in [-0.15, -0.1) is 0 Å². The third-order valence-corrected chi connectivity index (χ3v) is 2.82. The minimum absolute atomic E-state index is 0.00627. The molecule has 0 saturated heterocycles. The van der Waals surface area contributed by atoms with E-state index < -0.39 is 5.97 Å². The summed E-state index contributed by atoms with van der Waals surface area (Å²) in [5.74, 6) is -0.443. The molecular formula is C12H12BrNO3. The van der Waals surface area contributed by atoms with Gasteiger partial charge in [-0.25, -0.2) is 0 Å². The fourth-order valence-electron chi connectivity index (χ4n) is 1.46. The van der Waals surface area contributed by atoms with Crippen LogP contribution in [-0.2, 0) is 21.3 Å². The van der Waals surface area contributed by atoms with Crippen LogP contribution in [0, 0.1) is 11.3 Å². The first kappa shape index (κ1) is 13.5. The van der Waals surface area contributed by atoms with E-state index in [1.807, 2.05) is 6.07 Å². The Morgan fingerprint density at radius 2 is 2.29 bits per heavy atom. The number of hydrogen-bond acceptors (Lipinski definition) is 4. The molecule has 0 bridgehead atoms. The number of esters is 1. The molecule has 1 N–H and O–H groups in total. The molecule has 0 amide bonds. The van der Waals surface area contributed by atoms with E-state index in [0.717, 1.165) is 5.56 Å². The maximum Gasteiger partial charge on any atom is 0.310 e. The minimum atomic E-state index is -0.394. The highest BCUT2D eigenvalue weighted by molar-refractivity contribution is 9.08. The zero-order chi connectivity index (χ0) is 12.8. The van der Waals surface area contributed by atoms with Crippen LogP contribution < -0.4 is 0 Å². The largest absolute Gasteiger partial charge is 0.508 e. The van der Waals surface area contributed by atoms with Crippen molar-refractivity contribution >= 4 is 21.9 Å². The predicted octanol–water partition coefficient (Wildman–Crippen LogP) is 2.26. The number of carbonyl (C=O) groups excluding carboxylic acids is 1. The minimum Gasteiger partial charge on any atom is -0.508 e. The predicted molar refractivity (Wildman–Crippen MR) is 65.8 cm³/mol. The third kappa shape index (κ3) is 3.46. The molecule has 4 nitrogen and oxygen atoms in total. The first-order chi connectivity index (χ1) is 8.12. The molecule has 90 valence electrons. The summed E-state index contributed by atoms with van der Waals surface area (Å²) in [7, 11) is 0. The monoisotopic (exact) mass is 297 g/mol. The van der Waals surface area contributed by atoms with Crippen molar-refractivity contribution in [3.05, 3.63) is 28.8 Å². The number of benzene rings is 1. The van der Waals surface area contributed by atoms with Gasteiger partial charge in [0.2, 0.25) is 0 Å². The highest BCUT2D eigenvalue weighted by atomic mass is 79.9. The van der Waals surface area contributed by atoms with Crippen molar-refractivity contribution in [3.63, 3.8) is 0 Å². The Hall–Kier alpha value is -1.54. The van der Waals surface area contributed by atoms with E-state index in [2.05, 4.69) is 15.9 Å². The lowest BCUT2D eigenvalue weighted by Gasteiger charge is -2.09. The molecule has 17 heavy (non-hydrogen) atoms. The Kier molecular flexibility index (Phi) is 4.98. The number of ether oxygens (including phenoxy) is 1. The van der Waals surface area contributed by atoms with Gasteiger partial charge < -0.3 is 9.84 Å². The Morgan fingerprint density at radius 3 is 2.82 bits per heavy atom. The molecule has 1 aromatic rings. The molecule has 0 fully saturated rings. The molecule has 0 atom stereocenters. The normalized spacial score (nSPS) is 9.71. The van der Waals surface area contributed by atoms with E-state index >= 15 is 0 Å². The summed E-state index contributed by atoms with van der Waals surface area (Å²) >= 11 is 3.26. The van der Waals surface area contributed by atoms with E-state index in [9.17, 15) is 9.90 Å². The molecule has 0 saturated carbocycles. The topological polar surface area (TPSA) is 70.3 Å². The average Bonchev–Trinajstić information content (AvgIpc) is 2.31. The van der Waals surface area contributed by atoms with Gasteiger partial charge in [-0.2, -0.15) is 5.26 Å². The van der Waals surface area contributed by atoms with Gasteiger partial charge in [0.05, 0.1) is 24.7 Å². The van der Waals surface area contributed by atoms with Crippen LogP contribution in [0.2, 0.25) is 0 Å². The van der Waals surface area contributed by atoms with Crippen LogP contribution in [0.4, 0.5) is 0 Å². The number of halogens is 1. The van der Waals surface area contributed by atoms with E-state index in [1.54, 1.807) is 13.0 Å². The van der Waals surface area contributed by atoms with Crippen molar-refractivity contribution in [2.75, 3.05) is 6.61 Å². The Balaban J connectivity index is 3.06. The summed E-state index contributed by atoms with van der Waals surface area (Å²) < 4.78 is 4.83. The van der Waals surface area contributed by atoms with Crippen LogP contribution in [-0.4, -0.2) is 17.7 Å². The summed E-state index contributed by atoms with van der Waals surface area (Å²) in [4.78, 5) is 11.4. The summed E-state index contributed by atoms with van der Waals surface area (Å²) in [5, 5.41) is 19.0. The third-order valence-electron chi connectivity index (χ3n) is 2.22. The van der Waals surface area contributed by atoms with Crippen molar-refractivity contribution in [1.82, 2.24) is 0 Å². The number of phenols is 1. The Labute approximate surface area is 108 Å². The molecule has 0 heterocycles. The lowest BCUT2D eigenvalue weighted by atomic mass is 10.0. The molecule has 0 aliphatic heterocycles. The molecule has 0 aliphatic carbocycles. The quantitative estimate of drug-likeness (QED) is 0.684. The number of nitriles is 1. The molecule has 5 heteroatoms. The van der Waals surface area contributed by atoms with Gasteiger partial charge in [-0.05, 0) is 24.6 Å². The van der Waals surface area contributed by atoms with Gasteiger partial charge in [-0.1, -0.05) is 15.9 Å². The van der Waals surface area contributed by atoms with Gasteiger partial charge in [0.25, 0.3) is 0 Å². The van der Waals surface area contributed by atoms with Crippen LogP contribution in [0.25, 0.3) is 0 Å². The van der Waals surface area contributed by atoms with E-state index in [4.69, 9.17) is 10.00 Å². The molecule has 0 aliphatic rings. The van der Waals surface area contributed by atoms with Crippen molar-refractivity contribution < 1.29 is 14.6 Å². The zero-order valence-electron chi connectivity index (χ0n) is 9.36. The fourth-order valence-corrected chi connectivity index (χ4v) is 1.96. The van der Waals surface area contributed by atoms with Gasteiger partial charge in [0.15, 0.2) is 0 Å². The number of hydrogen-bond donors (Lipinski definition) is 1. The fraction of sp³-hybridized carbons (Fsp3) is 0.333. The number of phenolic OH excluding ortho intramolecular Hbond substituents is 1. The number of carbonyl (C=O) groups is 1. The lowest BCUT2D eigenvalue weighted by Crippen LogP contribution is -2.09. The van der Waals surface area contributed by atoms with Gasteiger partial charge in [0, 0.05) is 10.9 Å². The number of aromatic hydroxyl groups is 1. The second-order valence-electron chi connectivity index (χ2n) is 3.36. The SMILES string of the molecule is CCOC(=O)Cc1c(O)cc(C#N)cc1CBr. The molecule has 0 spiro atoms. The van der Waals surface area contributed by atoms with Crippen LogP contribution in [0.3, 0.4) is 0 Å². The molecule has 1 aromatic carbocycles. The van der Waals surface area contributed by atoms with Gasteiger partial charge >= 0.3 is 5.97 Å². The smallest absolute Gasteiger partial charge is 0.310 e. The van der Waals surface area contributed by atoms with Gasteiger partial charge in [-0.3, -0.25) is 4.79 Å². The summed E-state index contributed by atoms with van der Waals surface area (Å²) in [6, 6.07) is 4.94. The van der Waals surface area contributed by atoms with Crippen LogP contribution >= 0.6 is 15.9 Å². The molecule has 1 rings (SSSR count). The second-order valence-corrected chi connectivity index (χ2v) is 3.92. The zero-order valence-corrected chi connectivity index (χ0v) is 11.0. The number of nitrogens with zero attached hydrogens (tertiary/aromatic N) is 1. The van der Waals surface area contributed by atoms with Crippen molar-refractivity contribution in [1.29, 1.82) is 5.26 Å². The Bertz CT molecular complexity index is 466. The lowest BCUT2D eigenvalue weighted by molar-refractivity contribution is -0.142. The second kappa shape index (κ2) is 6.26. The summed E-state index contributed by atoms with van der Waals surface area (Å²) in [6.45, 7) is 2.03. The Morgan fingerprint density at radius 1 is 1.59 bits per heavy atom. The van der Waals surface area contributed by atoms with Crippen LogP contribution in [0.5, 0.6) is 5.75 Å². The van der Waals surface area contributed by atoms with Crippen molar-refractivity contribution in [3.8, 4) is 11.8 Å². The standard InChI is InChI=1S/C12H12BrNO3/c1-2-17-12(16)5-10-9(6-13)3-8(7-14)4-11(10)15/h3-4,15H,2,5-6H2,1H3. The number of rotatable bonds is 4. The molecule has 0 radical (unpaired) electrons. The van der Waals surface area contributed by atoms with E-state index in [-0.39, 0.29) is 12.2 Å². The first-order valence-corrected chi connectivity index (χ1v) is 6.21. The average molecular weight is 298 g/mol. The van der Waals surface area contributed by atoms with E-state index in [1.165, 1.54) is 6.07 Å². The molecule has 0 unspecified atom stereocenters. The highest BCUT2D eigenvalue weighted by Crippen LogP contribution is 2.26. The summed E-state index contributed by atoms with van der Waals surface area (Å²) in [6.07, 6.45) is 0.00627. The first-order valence-electron chi connectivity index (χ1n) is 5.08. The summed E-state index contributed by atoms with van der Waals surface area (Å²) in [5.41, 5.74) is 1.58. The van der Waals surface area contributed by atoms with Crippen LogP contribution in [0.15, 0.2) is 12.1 Å². The maximum atomic E-state index is 11.4.